The van der Waals surface area contributed by atoms with Crippen LogP contribution in [-0.4, -0.2) is 27.9 Å². The van der Waals surface area contributed by atoms with Gasteiger partial charge in [-0.3, -0.25) is 9.78 Å². The van der Waals surface area contributed by atoms with Gasteiger partial charge in [-0.05, 0) is 5.92 Å². The Labute approximate surface area is 116 Å². The number of rotatable bonds is 2. The first kappa shape index (κ1) is 14.2. The summed E-state index contributed by atoms with van der Waals surface area (Å²) in [6.45, 7) is 3.87. The molecule has 0 saturated carbocycles. The number of amides is 3. The van der Waals surface area contributed by atoms with Gasteiger partial charge >= 0.3 is 6.03 Å². The summed E-state index contributed by atoms with van der Waals surface area (Å²) >= 11 is 0. The third kappa shape index (κ3) is 2.56. The number of halogens is 1. The Hall–Kier alpha value is -2.18. The van der Waals surface area contributed by atoms with E-state index in [1.807, 2.05) is 13.8 Å². The zero-order valence-electron chi connectivity index (χ0n) is 11.4. The fourth-order valence-electron chi connectivity index (χ4n) is 2.31. The maximum atomic E-state index is 13.2. The lowest BCUT2D eigenvalue weighted by Crippen LogP contribution is -2.50. The molecule has 2 atom stereocenters. The molecule has 1 aromatic heterocycles. The molecule has 6 nitrogen and oxygen atoms in total. The van der Waals surface area contributed by atoms with E-state index in [0.717, 1.165) is 6.20 Å². The SMILES string of the molecule is CC[C@H](C)C1C(=O)Nc2cc(F)cnc2CN1C(N)=O. The van der Waals surface area contributed by atoms with E-state index < -0.39 is 17.9 Å². The summed E-state index contributed by atoms with van der Waals surface area (Å²) in [5, 5.41) is 2.62. The fourth-order valence-corrected chi connectivity index (χ4v) is 2.31. The molecule has 7 heteroatoms. The molecule has 108 valence electrons. The molecule has 1 aliphatic rings. The van der Waals surface area contributed by atoms with Crippen LogP contribution in [0.3, 0.4) is 0 Å². The van der Waals surface area contributed by atoms with Crippen LogP contribution in [-0.2, 0) is 11.3 Å². The quantitative estimate of drug-likeness (QED) is 0.859. The standard InChI is InChI=1S/C13H17FN4O2/c1-3-7(2)11-12(19)17-9-4-8(14)5-16-10(9)6-18(11)13(15)20/h4-5,7,11H,3,6H2,1-2H3,(H2,15,20)(H,17,19)/t7-,11?/m0/s1. The largest absolute Gasteiger partial charge is 0.351 e. The van der Waals surface area contributed by atoms with Gasteiger partial charge in [0.1, 0.15) is 11.9 Å². The van der Waals surface area contributed by atoms with Crippen LogP contribution in [0.4, 0.5) is 14.9 Å². The minimum atomic E-state index is -0.690. The highest BCUT2D eigenvalue weighted by atomic mass is 19.1. The topological polar surface area (TPSA) is 88.3 Å². The van der Waals surface area contributed by atoms with Crippen LogP contribution >= 0.6 is 0 Å². The lowest BCUT2D eigenvalue weighted by atomic mass is 9.97. The second kappa shape index (κ2) is 5.44. The number of urea groups is 1. The van der Waals surface area contributed by atoms with Crippen molar-refractivity contribution >= 4 is 17.6 Å². The summed E-state index contributed by atoms with van der Waals surface area (Å²) < 4.78 is 13.2. The first-order chi connectivity index (χ1) is 9.43. The molecular weight excluding hydrogens is 263 g/mol. The number of nitrogens with zero attached hydrogens (tertiary/aromatic N) is 2. The Morgan fingerprint density at radius 3 is 3.00 bits per heavy atom. The van der Waals surface area contributed by atoms with Crippen LogP contribution in [0.25, 0.3) is 0 Å². The van der Waals surface area contributed by atoms with Gasteiger partial charge in [0.2, 0.25) is 5.91 Å². The van der Waals surface area contributed by atoms with Crippen LogP contribution in [0.15, 0.2) is 12.3 Å². The van der Waals surface area contributed by atoms with Crippen molar-refractivity contribution in [3.8, 4) is 0 Å². The Kier molecular flexibility index (Phi) is 3.87. The van der Waals surface area contributed by atoms with Gasteiger partial charge in [-0.25, -0.2) is 9.18 Å². The van der Waals surface area contributed by atoms with Crippen molar-refractivity contribution in [2.75, 3.05) is 5.32 Å². The molecule has 0 saturated heterocycles. The van der Waals surface area contributed by atoms with Gasteiger partial charge < -0.3 is 16.0 Å². The maximum absolute atomic E-state index is 13.2. The van der Waals surface area contributed by atoms with E-state index >= 15 is 0 Å². The number of pyridine rings is 1. The smallest absolute Gasteiger partial charge is 0.315 e. The number of fused-ring (bicyclic) bond motifs is 1. The molecular formula is C13H17FN4O2. The fraction of sp³-hybridized carbons (Fsp3) is 0.462. The number of primary amides is 1. The molecule has 2 rings (SSSR count). The first-order valence-electron chi connectivity index (χ1n) is 6.45. The Balaban J connectivity index is 2.45. The van der Waals surface area contributed by atoms with Gasteiger partial charge in [0.15, 0.2) is 0 Å². The minimum Gasteiger partial charge on any atom is -0.351 e. The number of aromatic nitrogens is 1. The van der Waals surface area contributed by atoms with Gasteiger partial charge in [-0.1, -0.05) is 20.3 Å². The molecule has 3 N–H and O–H groups in total. The molecule has 1 unspecified atom stereocenters. The molecule has 20 heavy (non-hydrogen) atoms. The lowest BCUT2D eigenvalue weighted by molar-refractivity contribution is -0.121. The van der Waals surface area contributed by atoms with Crippen molar-refractivity contribution in [2.24, 2.45) is 11.7 Å². The van der Waals surface area contributed by atoms with Crippen molar-refractivity contribution in [2.45, 2.75) is 32.9 Å². The normalized spacial score (nSPS) is 19.9. The van der Waals surface area contributed by atoms with E-state index in [1.165, 1.54) is 11.0 Å². The third-order valence-electron chi connectivity index (χ3n) is 3.59. The van der Waals surface area contributed by atoms with Gasteiger partial charge in [-0.15, -0.1) is 0 Å². The summed E-state index contributed by atoms with van der Waals surface area (Å²) in [6, 6.07) is -0.183. The third-order valence-corrected chi connectivity index (χ3v) is 3.59. The Morgan fingerprint density at radius 1 is 1.70 bits per heavy atom. The molecule has 0 spiro atoms. The summed E-state index contributed by atoms with van der Waals surface area (Å²) in [7, 11) is 0. The average molecular weight is 280 g/mol. The average Bonchev–Trinajstić information content (AvgIpc) is 2.53. The second-order valence-electron chi connectivity index (χ2n) is 4.93. The Morgan fingerprint density at radius 2 is 2.40 bits per heavy atom. The molecule has 1 aliphatic heterocycles. The minimum absolute atomic E-state index is 0.0679. The van der Waals surface area contributed by atoms with Crippen LogP contribution in [0.2, 0.25) is 0 Å². The first-order valence-corrected chi connectivity index (χ1v) is 6.45. The monoisotopic (exact) mass is 280 g/mol. The van der Waals surface area contributed by atoms with E-state index in [-0.39, 0.29) is 24.1 Å². The number of anilines is 1. The van der Waals surface area contributed by atoms with Gasteiger partial charge in [0.25, 0.3) is 0 Å². The number of hydrogen-bond donors (Lipinski definition) is 2. The van der Waals surface area contributed by atoms with E-state index in [1.54, 1.807) is 0 Å². The molecule has 0 aromatic carbocycles. The zero-order chi connectivity index (χ0) is 14.9. The van der Waals surface area contributed by atoms with Crippen LogP contribution < -0.4 is 11.1 Å². The van der Waals surface area contributed by atoms with E-state index in [2.05, 4.69) is 10.3 Å². The van der Waals surface area contributed by atoms with E-state index in [4.69, 9.17) is 5.73 Å². The highest BCUT2D eigenvalue weighted by molar-refractivity contribution is 5.98. The van der Waals surface area contributed by atoms with Crippen LogP contribution in [0.5, 0.6) is 0 Å². The second-order valence-corrected chi connectivity index (χ2v) is 4.93. The van der Waals surface area contributed by atoms with E-state index in [9.17, 15) is 14.0 Å². The maximum Gasteiger partial charge on any atom is 0.315 e. The molecule has 2 heterocycles. The van der Waals surface area contributed by atoms with Gasteiger partial charge in [0.05, 0.1) is 24.1 Å². The van der Waals surface area contributed by atoms with E-state index in [0.29, 0.717) is 12.1 Å². The summed E-state index contributed by atoms with van der Waals surface area (Å²) in [5.74, 6) is -0.984. The predicted octanol–water partition coefficient (Wildman–Crippen LogP) is 1.47. The predicted molar refractivity (Wildman–Crippen MR) is 71.2 cm³/mol. The zero-order valence-corrected chi connectivity index (χ0v) is 11.4. The Bertz CT molecular complexity index is 549. The van der Waals surface area contributed by atoms with Crippen molar-refractivity contribution in [1.29, 1.82) is 0 Å². The molecule has 3 amide bonds. The highest BCUT2D eigenvalue weighted by Gasteiger charge is 2.36. The molecule has 0 radical (unpaired) electrons. The number of nitrogens with two attached hydrogens (primary N) is 1. The lowest BCUT2D eigenvalue weighted by Gasteiger charge is -2.30. The summed E-state index contributed by atoms with van der Waals surface area (Å²) in [4.78, 5) is 29.1. The summed E-state index contributed by atoms with van der Waals surface area (Å²) in [5.41, 5.74) is 6.08. The van der Waals surface area contributed by atoms with Gasteiger partial charge in [0, 0.05) is 6.07 Å². The van der Waals surface area contributed by atoms with Crippen molar-refractivity contribution in [3.05, 3.63) is 23.8 Å². The van der Waals surface area contributed by atoms with Gasteiger partial charge in [-0.2, -0.15) is 0 Å². The molecule has 0 aliphatic carbocycles. The molecule has 0 bridgehead atoms. The molecule has 0 fully saturated rings. The number of hydrogen-bond acceptors (Lipinski definition) is 3. The molecule has 1 aromatic rings. The van der Waals surface area contributed by atoms with Crippen molar-refractivity contribution in [1.82, 2.24) is 9.88 Å². The van der Waals surface area contributed by atoms with Crippen LogP contribution in [0, 0.1) is 11.7 Å². The van der Waals surface area contributed by atoms with Crippen LogP contribution in [0.1, 0.15) is 26.0 Å². The highest BCUT2D eigenvalue weighted by Crippen LogP contribution is 2.26. The summed E-state index contributed by atoms with van der Waals surface area (Å²) in [6.07, 6.45) is 1.76. The van der Waals surface area contributed by atoms with Crippen molar-refractivity contribution < 1.29 is 14.0 Å². The number of carbonyl (C=O) groups excluding carboxylic acids is 2. The van der Waals surface area contributed by atoms with Crippen molar-refractivity contribution in [3.63, 3.8) is 0 Å². The number of carbonyl (C=O) groups is 2. The number of nitrogens with one attached hydrogen (secondary N) is 1.